The largest absolute Gasteiger partial charge is 0.500 e. The molecule has 0 N–H and O–H groups in total. The average Bonchev–Trinajstić information content (AvgIpc) is 3.14. The molecular weight excluding hydrogens is 412 g/mol. The number of aromatic nitrogens is 1. The van der Waals surface area contributed by atoms with Crippen LogP contribution in [0, 0.1) is 5.92 Å². The number of epoxide rings is 1. The molecule has 1 saturated heterocycles. The van der Waals surface area contributed by atoms with Crippen LogP contribution in [0.25, 0.3) is 6.08 Å². The molecule has 1 aromatic rings. The minimum absolute atomic E-state index is 0.0865. The number of ether oxygens (including phenoxy) is 4. The number of thioether (sulfide) groups is 1. The second-order valence-electron chi connectivity index (χ2n) is 7.01. The van der Waals surface area contributed by atoms with Crippen molar-refractivity contribution in [3.8, 4) is 0 Å². The van der Waals surface area contributed by atoms with Crippen LogP contribution in [0.15, 0.2) is 28.3 Å². The quantitative estimate of drug-likeness (QED) is 0.253. The van der Waals surface area contributed by atoms with Gasteiger partial charge in [0.2, 0.25) is 0 Å². The molecule has 0 amide bonds. The third kappa shape index (κ3) is 5.28. The van der Waals surface area contributed by atoms with Crippen molar-refractivity contribution in [1.82, 2.24) is 4.98 Å². The number of hydrogen-bond donors (Lipinski definition) is 0. The molecule has 1 aromatic heterocycles. The first-order chi connectivity index (χ1) is 13.9. The topological polar surface area (TPSA) is 82.5 Å². The summed E-state index contributed by atoms with van der Waals surface area (Å²) >= 11 is 3.37. The van der Waals surface area contributed by atoms with Gasteiger partial charge in [-0.05, 0) is 13.0 Å². The summed E-state index contributed by atoms with van der Waals surface area (Å²) in [6, 6.07) is 0.0865. The van der Waals surface area contributed by atoms with Gasteiger partial charge in [-0.3, -0.25) is 4.99 Å². The van der Waals surface area contributed by atoms with Gasteiger partial charge in [0, 0.05) is 24.2 Å². The second kappa shape index (κ2) is 9.42. The van der Waals surface area contributed by atoms with Crippen LogP contribution in [0.4, 0.5) is 0 Å². The zero-order valence-corrected chi connectivity index (χ0v) is 18.8. The molecule has 1 fully saturated rings. The molecular formula is C20H26N2O5S2. The lowest BCUT2D eigenvalue weighted by molar-refractivity contribution is -0.135. The summed E-state index contributed by atoms with van der Waals surface area (Å²) in [5, 5.41) is 4.09. The van der Waals surface area contributed by atoms with Crippen molar-refractivity contribution in [2.45, 2.75) is 31.6 Å². The highest BCUT2D eigenvalue weighted by Crippen LogP contribution is 2.41. The fraction of sp³-hybridized carbons (Fsp3) is 0.550. The van der Waals surface area contributed by atoms with Crippen molar-refractivity contribution in [1.29, 1.82) is 0 Å². The predicted octanol–water partition coefficient (Wildman–Crippen LogP) is 3.49. The van der Waals surface area contributed by atoms with Gasteiger partial charge in [-0.25, -0.2) is 9.78 Å². The molecule has 0 aromatic carbocycles. The number of aliphatic imine (C=N–C) groups is 1. The third-order valence-electron chi connectivity index (χ3n) is 4.87. The summed E-state index contributed by atoms with van der Waals surface area (Å²) in [7, 11) is 4.48. The van der Waals surface area contributed by atoms with Crippen LogP contribution in [-0.2, 0) is 23.7 Å². The summed E-state index contributed by atoms with van der Waals surface area (Å²) < 4.78 is 21.1. The Morgan fingerprint density at radius 1 is 1.38 bits per heavy atom. The average molecular weight is 439 g/mol. The van der Waals surface area contributed by atoms with Crippen LogP contribution in [-0.4, -0.2) is 61.4 Å². The number of esters is 1. The summed E-state index contributed by atoms with van der Waals surface area (Å²) in [6.07, 6.45) is 4.90. The minimum atomic E-state index is -0.462. The van der Waals surface area contributed by atoms with Crippen molar-refractivity contribution in [2.75, 3.05) is 33.7 Å². The zero-order valence-electron chi connectivity index (χ0n) is 17.2. The van der Waals surface area contributed by atoms with E-state index in [0.717, 1.165) is 28.1 Å². The minimum Gasteiger partial charge on any atom is -0.500 e. The van der Waals surface area contributed by atoms with Crippen molar-refractivity contribution < 1.29 is 23.7 Å². The van der Waals surface area contributed by atoms with Gasteiger partial charge in [0.05, 0.1) is 38.7 Å². The SMILES string of the molecule is COC(=O)C=C(OC)[C@H](C)[C@H](C=Cc1csc([C@@H]2CSC([C@]3(C)CO3)=N2)n1)OC. The Hall–Kier alpha value is -1.68. The summed E-state index contributed by atoms with van der Waals surface area (Å²) in [4.78, 5) is 21.0. The molecule has 0 bridgehead atoms. The highest BCUT2D eigenvalue weighted by Gasteiger charge is 2.47. The second-order valence-corrected chi connectivity index (χ2v) is 8.91. The van der Waals surface area contributed by atoms with E-state index in [2.05, 4.69) is 11.7 Å². The van der Waals surface area contributed by atoms with Gasteiger partial charge in [-0.1, -0.05) is 13.0 Å². The number of rotatable bonds is 9. The number of carbonyl (C=O) groups excluding carboxylic acids is 1. The smallest absolute Gasteiger partial charge is 0.333 e. The maximum atomic E-state index is 11.5. The van der Waals surface area contributed by atoms with E-state index >= 15 is 0 Å². The van der Waals surface area contributed by atoms with Crippen LogP contribution in [0.3, 0.4) is 0 Å². The normalized spacial score (nSPS) is 26.3. The van der Waals surface area contributed by atoms with Crippen LogP contribution in [0.1, 0.15) is 30.6 Å². The van der Waals surface area contributed by atoms with E-state index in [0.29, 0.717) is 5.76 Å². The van der Waals surface area contributed by atoms with E-state index < -0.39 is 5.97 Å². The Morgan fingerprint density at radius 2 is 2.14 bits per heavy atom. The number of hydrogen-bond acceptors (Lipinski definition) is 9. The molecule has 0 spiro atoms. The predicted molar refractivity (Wildman–Crippen MR) is 115 cm³/mol. The molecule has 29 heavy (non-hydrogen) atoms. The fourth-order valence-electron chi connectivity index (χ4n) is 2.91. The standard InChI is InChI=1S/C20H26N2O5S2/c1-12(16(25-4)8-17(23)26-5)15(24-3)7-6-13-9-28-18(21-13)14-10-29-19(22-14)20(2)11-27-20/h6-9,12,14-15H,10-11H2,1-5H3/t12-,14+,15+,20+/m1/s1. The number of methoxy groups -OCH3 is 3. The number of thiazole rings is 1. The Kier molecular flexibility index (Phi) is 7.15. The lowest BCUT2D eigenvalue weighted by atomic mass is 10.0. The summed E-state index contributed by atoms with van der Waals surface area (Å²) in [5.41, 5.74) is 0.690. The van der Waals surface area contributed by atoms with Gasteiger partial charge >= 0.3 is 5.97 Å². The summed E-state index contributed by atoms with van der Waals surface area (Å²) in [6.45, 7) is 4.75. The third-order valence-corrected chi connectivity index (χ3v) is 7.13. The highest BCUT2D eigenvalue weighted by atomic mass is 32.2. The fourth-order valence-corrected chi connectivity index (χ4v) is 5.01. The maximum absolute atomic E-state index is 11.5. The Labute approximate surface area is 179 Å². The monoisotopic (exact) mass is 438 g/mol. The van der Waals surface area contributed by atoms with Gasteiger partial charge in [-0.15, -0.1) is 23.1 Å². The van der Waals surface area contributed by atoms with E-state index in [4.69, 9.17) is 24.2 Å². The van der Waals surface area contributed by atoms with Crippen molar-refractivity contribution >= 4 is 40.2 Å². The number of carbonyl (C=O) groups is 1. The molecule has 7 nitrogen and oxygen atoms in total. The van der Waals surface area contributed by atoms with Crippen molar-refractivity contribution in [2.24, 2.45) is 10.9 Å². The van der Waals surface area contributed by atoms with Gasteiger partial charge in [0.15, 0.2) is 0 Å². The van der Waals surface area contributed by atoms with Crippen molar-refractivity contribution in [3.63, 3.8) is 0 Å². The Balaban J connectivity index is 1.66. The molecule has 0 radical (unpaired) electrons. The molecule has 4 atom stereocenters. The highest BCUT2D eigenvalue weighted by molar-refractivity contribution is 8.14. The van der Waals surface area contributed by atoms with Gasteiger partial charge < -0.3 is 18.9 Å². The van der Waals surface area contributed by atoms with E-state index in [1.165, 1.54) is 20.3 Å². The van der Waals surface area contributed by atoms with Gasteiger partial charge in [-0.2, -0.15) is 0 Å². The van der Waals surface area contributed by atoms with E-state index in [-0.39, 0.29) is 23.7 Å². The molecule has 0 unspecified atom stereocenters. The molecule has 3 rings (SSSR count). The van der Waals surface area contributed by atoms with Crippen LogP contribution in [0.5, 0.6) is 0 Å². The Bertz CT molecular complexity index is 829. The van der Waals surface area contributed by atoms with Gasteiger partial charge in [0.25, 0.3) is 0 Å². The lowest BCUT2D eigenvalue weighted by Crippen LogP contribution is -2.21. The van der Waals surface area contributed by atoms with Crippen LogP contribution >= 0.6 is 23.1 Å². The van der Waals surface area contributed by atoms with E-state index in [1.54, 1.807) is 30.2 Å². The molecule has 158 valence electrons. The lowest BCUT2D eigenvalue weighted by Gasteiger charge is -2.21. The summed E-state index contributed by atoms with van der Waals surface area (Å²) in [5.74, 6) is 0.763. The van der Waals surface area contributed by atoms with E-state index in [9.17, 15) is 4.79 Å². The first kappa shape index (κ1) is 22.0. The molecule has 9 heteroatoms. The van der Waals surface area contributed by atoms with Crippen LogP contribution in [0.2, 0.25) is 0 Å². The molecule has 3 heterocycles. The van der Waals surface area contributed by atoms with Crippen molar-refractivity contribution in [3.05, 3.63) is 34.0 Å². The molecule has 2 aliphatic heterocycles. The zero-order chi connectivity index (χ0) is 21.0. The first-order valence-corrected chi connectivity index (χ1v) is 11.1. The molecule has 0 aliphatic carbocycles. The first-order valence-electron chi connectivity index (χ1n) is 9.25. The number of nitrogens with zero attached hydrogens (tertiary/aromatic N) is 2. The maximum Gasteiger partial charge on any atom is 0.333 e. The van der Waals surface area contributed by atoms with E-state index in [1.807, 2.05) is 24.5 Å². The van der Waals surface area contributed by atoms with Crippen LogP contribution < -0.4 is 0 Å². The Morgan fingerprint density at radius 3 is 2.76 bits per heavy atom. The molecule has 0 saturated carbocycles. The van der Waals surface area contributed by atoms with Gasteiger partial charge in [0.1, 0.15) is 27.5 Å². The molecule has 2 aliphatic rings.